The zero-order valence-electron chi connectivity index (χ0n) is 9.84. The first kappa shape index (κ1) is 10.4. The lowest BCUT2D eigenvalue weighted by Crippen LogP contribution is -2.53. The predicted octanol–water partition coefficient (Wildman–Crippen LogP) is 1.86. The monoisotopic (exact) mass is 196 g/mol. The molecule has 2 heterocycles. The maximum Gasteiger partial charge on any atom is 0.0228 e. The van der Waals surface area contributed by atoms with Crippen molar-refractivity contribution in [2.75, 3.05) is 19.6 Å². The Kier molecular flexibility index (Phi) is 2.85. The SMILES string of the molecule is CC1CNCC(N2CCCC2(C)C)C1. The van der Waals surface area contributed by atoms with E-state index >= 15 is 0 Å². The lowest BCUT2D eigenvalue weighted by molar-refractivity contribution is 0.0844. The van der Waals surface area contributed by atoms with Crippen molar-refractivity contribution in [3.8, 4) is 0 Å². The van der Waals surface area contributed by atoms with E-state index in [1.807, 2.05) is 0 Å². The Morgan fingerprint density at radius 2 is 2.07 bits per heavy atom. The van der Waals surface area contributed by atoms with Gasteiger partial charge in [-0.15, -0.1) is 0 Å². The minimum atomic E-state index is 0.448. The van der Waals surface area contributed by atoms with Crippen LogP contribution in [0.5, 0.6) is 0 Å². The summed E-state index contributed by atoms with van der Waals surface area (Å²) in [6.07, 6.45) is 4.15. The van der Waals surface area contributed by atoms with Gasteiger partial charge < -0.3 is 5.32 Å². The van der Waals surface area contributed by atoms with E-state index in [2.05, 4.69) is 31.0 Å². The molecular weight excluding hydrogens is 172 g/mol. The minimum absolute atomic E-state index is 0.448. The zero-order chi connectivity index (χ0) is 10.2. The second-order valence-electron chi connectivity index (χ2n) is 5.76. The molecule has 0 saturated carbocycles. The first-order chi connectivity index (χ1) is 6.59. The molecule has 0 bridgehead atoms. The van der Waals surface area contributed by atoms with Crippen LogP contribution >= 0.6 is 0 Å². The summed E-state index contributed by atoms with van der Waals surface area (Å²) in [5.41, 5.74) is 0.448. The number of likely N-dealkylation sites (tertiary alicyclic amines) is 1. The highest BCUT2D eigenvalue weighted by molar-refractivity contribution is 4.94. The third-order valence-corrected chi connectivity index (χ3v) is 3.95. The van der Waals surface area contributed by atoms with Crippen LogP contribution in [-0.4, -0.2) is 36.1 Å². The number of nitrogens with zero attached hydrogens (tertiary/aromatic N) is 1. The van der Waals surface area contributed by atoms with Crippen molar-refractivity contribution in [2.24, 2.45) is 5.92 Å². The zero-order valence-corrected chi connectivity index (χ0v) is 9.84. The highest BCUT2D eigenvalue weighted by Crippen LogP contribution is 2.32. The van der Waals surface area contributed by atoms with E-state index in [9.17, 15) is 0 Å². The second kappa shape index (κ2) is 3.82. The third-order valence-electron chi connectivity index (χ3n) is 3.95. The van der Waals surface area contributed by atoms with E-state index in [1.165, 1.54) is 38.9 Å². The molecule has 82 valence electrons. The number of piperidine rings is 1. The van der Waals surface area contributed by atoms with Crippen LogP contribution < -0.4 is 5.32 Å². The normalized spacial score (nSPS) is 38.8. The summed E-state index contributed by atoms with van der Waals surface area (Å²) in [7, 11) is 0. The molecule has 2 fully saturated rings. The first-order valence-corrected chi connectivity index (χ1v) is 6.07. The number of nitrogens with one attached hydrogen (secondary N) is 1. The molecule has 2 saturated heterocycles. The summed E-state index contributed by atoms with van der Waals surface area (Å²) in [5.74, 6) is 0.852. The molecular formula is C12H24N2. The van der Waals surface area contributed by atoms with Gasteiger partial charge in [-0.1, -0.05) is 6.92 Å². The van der Waals surface area contributed by atoms with E-state index < -0.39 is 0 Å². The lowest BCUT2D eigenvalue weighted by Gasteiger charge is -2.42. The van der Waals surface area contributed by atoms with Crippen LogP contribution in [-0.2, 0) is 0 Å². The molecule has 2 aliphatic heterocycles. The van der Waals surface area contributed by atoms with Crippen LogP contribution in [0.4, 0.5) is 0 Å². The molecule has 2 aliphatic rings. The van der Waals surface area contributed by atoms with E-state index in [1.54, 1.807) is 0 Å². The van der Waals surface area contributed by atoms with Crippen LogP contribution in [0.25, 0.3) is 0 Å². The van der Waals surface area contributed by atoms with Crippen LogP contribution in [0, 0.1) is 5.92 Å². The number of rotatable bonds is 1. The summed E-state index contributed by atoms with van der Waals surface area (Å²) in [6, 6.07) is 0.788. The Labute approximate surface area is 88.1 Å². The standard InChI is InChI=1S/C12H24N2/c1-10-7-11(9-13-8-10)14-6-4-5-12(14,2)3/h10-11,13H,4-9H2,1-3H3. The van der Waals surface area contributed by atoms with Crippen molar-refractivity contribution in [1.82, 2.24) is 10.2 Å². The Hall–Kier alpha value is -0.0800. The van der Waals surface area contributed by atoms with Gasteiger partial charge in [-0.25, -0.2) is 0 Å². The molecule has 0 radical (unpaired) electrons. The van der Waals surface area contributed by atoms with Gasteiger partial charge in [0.1, 0.15) is 0 Å². The highest BCUT2D eigenvalue weighted by Gasteiger charge is 2.37. The second-order valence-corrected chi connectivity index (χ2v) is 5.76. The number of hydrogen-bond donors (Lipinski definition) is 1. The fourth-order valence-electron chi connectivity index (χ4n) is 3.17. The van der Waals surface area contributed by atoms with Crippen molar-refractivity contribution < 1.29 is 0 Å². The van der Waals surface area contributed by atoms with E-state index in [0.717, 1.165) is 12.0 Å². The molecule has 2 atom stereocenters. The molecule has 14 heavy (non-hydrogen) atoms. The molecule has 0 aromatic rings. The van der Waals surface area contributed by atoms with Gasteiger partial charge in [0.05, 0.1) is 0 Å². The van der Waals surface area contributed by atoms with Gasteiger partial charge in [0.25, 0.3) is 0 Å². The Morgan fingerprint density at radius 1 is 1.29 bits per heavy atom. The van der Waals surface area contributed by atoms with Crippen molar-refractivity contribution in [1.29, 1.82) is 0 Å². The molecule has 2 unspecified atom stereocenters. The smallest absolute Gasteiger partial charge is 0.0228 e. The Morgan fingerprint density at radius 3 is 2.64 bits per heavy atom. The van der Waals surface area contributed by atoms with Crippen LogP contribution in [0.1, 0.15) is 40.0 Å². The topological polar surface area (TPSA) is 15.3 Å². The molecule has 0 amide bonds. The van der Waals surface area contributed by atoms with Crippen molar-refractivity contribution in [2.45, 2.75) is 51.6 Å². The summed E-state index contributed by atoms with van der Waals surface area (Å²) >= 11 is 0. The number of hydrogen-bond acceptors (Lipinski definition) is 2. The van der Waals surface area contributed by atoms with Gasteiger partial charge in [-0.3, -0.25) is 4.90 Å². The van der Waals surface area contributed by atoms with Crippen molar-refractivity contribution in [3.63, 3.8) is 0 Å². The van der Waals surface area contributed by atoms with Crippen LogP contribution in [0.3, 0.4) is 0 Å². The summed E-state index contributed by atoms with van der Waals surface area (Å²) in [5, 5.41) is 3.56. The lowest BCUT2D eigenvalue weighted by atomic mass is 9.93. The van der Waals surface area contributed by atoms with Gasteiger partial charge in [0.15, 0.2) is 0 Å². The molecule has 2 rings (SSSR count). The van der Waals surface area contributed by atoms with E-state index in [0.29, 0.717) is 5.54 Å². The van der Waals surface area contributed by atoms with E-state index in [-0.39, 0.29) is 0 Å². The maximum atomic E-state index is 3.56. The summed E-state index contributed by atoms with van der Waals surface area (Å²) in [4.78, 5) is 2.73. The minimum Gasteiger partial charge on any atom is -0.315 e. The van der Waals surface area contributed by atoms with Gasteiger partial charge in [0, 0.05) is 18.1 Å². The molecule has 2 nitrogen and oxygen atoms in total. The van der Waals surface area contributed by atoms with Crippen LogP contribution in [0.2, 0.25) is 0 Å². The average molecular weight is 196 g/mol. The predicted molar refractivity (Wildman–Crippen MR) is 60.5 cm³/mol. The Balaban J connectivity index is 2.00. The quantitative estimate of drug-likeness (QED) is 0.688. The summed E-state index contributed by atoms with van der Waals surface area (Å²) in [6.45, 7) is 10.9. The molecule has 0 spiro atoms. The largest absolute Gasteiger partial charge is 0.315 e. The molecule has 0 aromatic heterocycles. The summed E-state index contributed by atoms with van der Waals surface area (Å²) < 4.78 is 0. The maximum absolute atomic E-state index is 3.56. The highest BCUT2D eigenvalue weighted by atomic mass is 15.3. The molecule has 1 N–H and O–H groups in total. The van der Waals surface area contributed by atoms with Crippen molar-refractivity contribution >= 4 is 0 Å². The first-order valence-electron chi connectivity index (χ1n) is 6.07. The average Bonchev–Trinajstić information content (AvgIpc) is 2.45. The molecule has 0 aliphatic carbocycles. The van der Waals surface area contributed by atoms with Gasteiger partial charge in [0.2, 0.25) is 0 Å². The third kappa shape index (κ3) is 1.96. The van der Waals surface area contributed by atoms with Gasteiger partial charge in [-0.2, -0.15) is 0 Å². The van der Waals surface area contributed by atoms with Gasteiger partial charge >= 0.3 is 0 Å². The molecule has 0 aromatic carbocycles. The van der Waals surface area contributed by atoms with Crippen LogP contribution in [0.15, 0.2) is 0 Å². The Bertz CT molecular complexity index is 200. The fraction of sp³-hybridized carbons (Fsp3) is 1.00. The molecule has 2 heteroatoms. The van der Waals surface area contributed by atoms with Crippen molar-refractivity contribution in [3.05, 3.63) is 0 Å². The fourth-order valence-corrected chi connectivity index (χ4v) is 3.17. The van der Waals surface area contributed by atoms with E-state index in [4.69, 9.17) is 0 Å². The van der Waals surface area contributed by atoms with Gasteiger partial charge in [-0.05, 0) is 52.1 Å².